The molecule has 0 heterocycles. The van der Waals surface area contributed by atoms with Crippen molar-refractivity contribution in [2.24, 2.45) is 0 Å². The standard InChI is InChI=1S/C15H17F2NO2/c1-4-15(5-2,6-3)18-13(19)11-7-9-12(10-8-11)20-14(16)17/h1,7-10,14H,5-6H2,2-3H3,(H,18,19). The lowest BCUT2D eigenvalue weighted by molar-refractivity contribution is -0.0498. The smallest absolute Gasteiger partial charge is 0.387 e. The molecule has 0 atom stereocenters. The molecule has 0 spiro atoms. The van der Waals surface area contributed by atoms with Gasteiger partial charge in [0.15, 0.2) is 0 Å². The number of hydrogen-bond acceptors (Lipinski definition) is 2. The van der Waals surface area contributed by atoms with E-state index < -0.39 is 12.2 Å². The fourth-order valence-corrected chi connectivity index (χ4v) is 1.74. The highest BCUT2D eigenvalue weighted by Gasteiger charge is 2.25. The van der Waals surface area contributed by atoms with Crippen LogP contribution in [-0.4, -0.2) is 18.1 Å². The Hall–Kier alpha value is -2.09. The molecule has 0 radical (unpaired) electrons. The molecule has 1 amide bonds. The molecule has 0 aliphatic heterocycles. The topological polar surface area (TPSA) is 38.3 Å². The molecular formula is C15H17F2NO2. The second-order valence-corrected chi connectivity index (χ2v) is 4.29. The van der Waals surface area contributed by atoms with Crippen LogP contribution in [0.2, 0.25) is 0 Å². The number of rotatable bonds is 6. The van der Waals surface area contributed by atoms with Gasteiger partial charge in [0, 0.05) is 5.56 Å². The molecule has 0 saturated heterocycles. The summed E-state index contributed by atoms with van der Waals surface area (Å²) in [5.74, 6) is 2.26. The normalized spacial score (nSPS) is 11.0. The van der Waals surface area contributed by atoms with Crippen molar-refractivity contribution in [3.05, 3.63) is 29.8 Å². The van der Waals surface area contributed by atoms with Gasteiger partial charge in [0.2, 0.25) is 0 Å². The third-order valence-corrected chi connectivity index (χ3v) is 3.18. The van der Waals surface area contributed by atoms with Gasteiger partial charge in [-0.3, -0.25) is 4.79 Å². The van der Waals surface area contributed by atoms with E-state index in [4.69, 9.17) is 6.42 Å². The van der Waals surface area contributed by atoms with Crippen LogP contribution in [0, 0.1) is 12.3 Å². The van der Waals surface area contributed by atoms with Crippen LogP contribution in [0.1, 0.15) is 37.0 Å². The van der Waals surface area contributed by atoms with Gasteiger partial charge in [0.1, 0.15) is 11.3 Å². The van der Waals surface area contributed by atoms with E-state index in [0.717, 1.165) is 0 Å². The predicted molar refractivity (Wildman–Crippen MR) is 72.7 cm³/mol. The SMILES string of the molecule is C#CC(CC)(CC)NC(=O)c1ccc(OC(F)F)cc1. The number of halogens is 2. The predicted octanol–water partition coefficient (Wildman–Crippen LogP) is 3.21. The Labute approximate surface area is 117 Å². The van der Waals surface area contributed by atoms with Gasteiger partial charge in [0.25, 0.3) is 5.91 Å². The van der Waals surface area contributed by atoms with Gasteiger partial charge in [-0.1, -0.05) is 19.8 Å². The number of carbonyl (C=O) groups excluding carboxylic acids is 1. The maximum Gasteiger partial charge on any atom is 0.387 e. The third-order valence-electron chi connectivity index (χ3n) is 3.18. The lowest BCUT2D eigenvalue weighted by atomic mass is 9.93. The van der Waals surface area contributed by atoms with Crippen LogP contribution in [0.4, 0.5) is 8.78 Å². The zero-order chi connectivity index (χ0) is 15.2. The van der Waals surface area contributed by atoms with Crippen LogP contribution in [0.5, 0.6) is 5.75 Å². The lowest BCUT2D eigenvalue weighted by Gasteiger charge is -2.27. The van der Waals surface area contributed by atoms with E-state index in [2.05, 4.69) is 16.0 Å². The van der Waals surface area contributed by atoms with Crippen molar-refractivity contribution >= 4 is 5.91 Å². The maximum absolute atomic E-state index is 12.1. The van der Waals surface area contributed by atoms with Gasteiger partial charge < -0.3 is 10.1 Å². The van der Waals surface area contributed by atoms with Crippen molar-refractivity contribution in [1.29, 1.82) is 0 Å². The Morgan fingerprint density at radius 1 is 1.35 bits per heavy atom. The second kappa shape index (κ2) is 6.90. The molecule has 0 unspecified atom stereocenters. The first-order valence-electron chi connectivity index (χ1n) is 6.31. The summed E-state index contributed by atoms with van der Waals surface area (Å²) in [6.45, 7) is 0.899. The van der Waals surface area contributed by atoms with E-state index in [9.17, 15) is 13.6 Å². The minimum atomic E-state index is -2.89. The Bertz CT molecular complexity index is 488. The summed E-state index contributed by atoms with van der Waals surface area (Å²) < 4.78 is 28.2. The molecule has 0 fully saturated rings. The van der Waals surface area contributed by atoms with Gasteiger partial charge in [0.05, 0.1) is 0 Å². The van der Waals surface area contributed by atoms with Crippen molar-refractivity contribution < 1.29 is 18.3 Å². The number of amides is 1. The molecule has 1 aromatic rings. The lowest BCUT2D eigenvalue weighted by Crippen LogP contribution is -2.46. The quantitative estimate of drug-likeness (QED) is 0.813. The molecule has 0 aliphatic rings. The Morgan fingerprint density at radius 3 is 2.30 bits per heavy atom. The number of ether oxygens (including phenoxy) is 1. The first-order valence-corrected chi connectivity index (χ1v) is 6.31. The summed E-state index contributed by atoms with van der Waals surface area (Å²) in [4.78, 5) is 12.1. The van der Waals surface area contributed by atoms with E-state index >= 15 is 0 Å². The summed E-state index contributed by atoms with van der Waals surface area (Å²) in [7, 11) is 0. The van der Waals surface area contributed by atoms with E-state index in [-0.39, 0.29) is 11.7 Å². The molecule has 108 valence electrons. The Balaban J connectivity index is 2.80. The summed E-state index contributed by atoms with van der Waals surface area (Å²) in [5.41, 5.74) is -0.344. The minimum Gasteiger partial charge on any atom is -0.435 e. The number of benzene rings is 1. The van der Waals surface area contributed by atoms with E-state index in [1.165, 1.54) is 24.3 Å². The van der Waals surface area contributed by atoms with Crippen molar-refractivity contribution in [1.82, 2.24) is 5.32 Å². The monoisotopic (exact) mass is 281 g/mol. The fraction of sp³-hybridized carbons (Fsp3) is 0.400. The highest BCUT2D eigenvalue weighted by atomic mass is 19.3. The Morgan fingerprint density at radius 2 is 1.90 bits per heavy atom. The third kappa shape index (κ3) is 3.95. The van der Waals surface area contributed by atoms with Gasteiger partial charge in [-0.05, 0) is 37.1 Å². The molecule has 1 rings (SSSR count). The van der Waals surface area contributed by atoms with E-state index in [1.54, 1.807) is 0 Å². The first kappa shape index (κ1) is 16.0. The second-order valence-electron chi connectivity index (χ2n) is 4.29. The van der Waals surface area contributed by atoms with Crippen LogP contribution in [0.15, 0.2) is 24.3 Å². The number of carbonyl (C=O) groups is 1. The van der Waals surface area contributed by atoms with E-state index in [1.807, 2.05) is 13.8 Å². The van der Waals surface area contributed by atoms with Crippen molar-refractivity contribution in [3.63, 3.8) is 0 Å². The summed E-state index contributed by atoms with van der Waals surface area (Å²) in [6.07, 6.45) is 6.68. The molecule has 1 aromatic carbocycles. The van der Waals surface area contributed by atoms with Crippen LogP contribution in [-0.2, 0) is 0 Å². The molecule has 0 aliphatic carbocycles. The van der Waals surface area contributed by atoms with Gasteiger partial charge in [-0.15, -0.1) is 6.42 Å². The van der Waals surface area contributed by atoms with Crippen molar-refractivity contribution in [2.75, 3.05) is 0 Å². The van der Waals surface area contributed by atoms with Crippen LogP contribution in [0.25, 0.3) is 0 Å². The number of nitrogens with one attached hydrogen (secondary N) is 1. The highest BCUT2D eigenvalue weighted by Crippen LogP contribution is 2.17. The van der Waals surface area contributed by atoms with Crippen LogP contribution < -0.4 is 10.1 Å². The molecule has 0 aromatic heterocycles. The molecule has 20 heavy (non-hydrogen) atoms. The molecule has 1 N–H and O–H groups in total. The molecular weight excluding hydrogens is 264 g/mol. The van der Waals surface area contributed by atoms with Crippen LogP contribution >= 0.6 is 0 Å². The molecule has 0 bridgehead atoms. The largest absolute Gasteiger partial charge is 0.435 e. The minimum absolute atomic E-state index is 0.00532. The van der Waals surface area contributed by atoms with Crippen molar-refractivity contribution in [2.45, 2.75) is 38.8 Å². The summed E-state index contributed by atoms with van der Waals surface area (Å²) in [5, 5.41) is 2.79. The highest BCUT2D eigenvalue weighted by molar-refractivity contribution is 5.95. The van der Waals surface area contributed by atoms with Gasteiger partial charge >= 0.3 is 6.61 Å². The molecule has 0 saturated carbocycles. The molecule has 5 heteroatoms. The average Bonchev–Trinajstić information content (AvgIpc) is 2.45. The molecule has 3 nitrogen and oxygen atoms in total. The average molecular weight is 281 g/mol. The number of alkyl halides is 2. The number of hydrogen-bond donors (Lipinski definition) is 1. The zero-order valence-corrected chi connectivity index (χ0v) is 11.5. The zero-order valence-electron chi connectivity index (χ0n) is 11.5. The summed E-state index contributed by atoms with van der Waals surface area (Å²) >= 11 is 0. The first-order chi connectivity index (χ1) is 9.46. The van der Waals surface area contributed by atoms with Crippen molar-refractivity contribution in [3.8, 4) is 18.1 Å². The van der Waals surface area contributed by atoms with Crippen LogP contribution in [0.3, 0.4) is 0 Å². The maximum atomic E-state index is 12.1. The van der Waals surface area contributed by atoms with Gasteiger partial charge in [-0.25, -0.2) is 0 Å². The van der Waals surface area contributed by atoms with Gasteiger partial charge in [-0.2, -0.15) is 8.78 Å². The van der Waals surface area contributed by atoms with E-state index in [0.29, 0.717) is 18.4 Å². The summed E-state index contributed by atoms with van der Waals surface area (Å²) in [6, 6.07) is 5.46. The number of terminal acetylenes is 1. The fourth-order valence-electron chi connectivity index (χ4n) is 1.74. The Kier molecular flexibility index (Phi) is 5.51.